The summed E-state index contributed by atoms with van der Waals surface area (Å²) in [6, 6.07) is 7.02. The molecule has 0 saturated carbocycles. The van der Waals surface area contributed by atoms with E-state index >= 15 is 0 Å². The molecule has 0 aliphatic heterocycles. The minimum atomic E-state index is -3.33. The van der Waals surface area contributed by atoms with E-state index in [0.717, 1.165) is 19.3 Å². The molecular formula is C14H18ClNO2S. The lowest BCUT2D eigenvalue weighted by atomic mass is 10.0. The molecule has 1 N–H and O–H groups in total. The van der Waals surface area contributed by atoms with Crippen molar-refractivity contribution in [2.24, 2.45) is 0 Å². The molecule has 1 aromatic rings. The zero-order valence-electron chi connectivity index (χ0n) is 10.7. The average molecular weight is 300 g/mol. The summed E-state index contributed by atoms with van der Waals surface area (Å²) in [6.07, 6.45) is 6.55. The van der Waals surface area contributed by atoms with Crippen molar-refractivity contribution < 1.29 is 8.42 Å². The van der Waals surface area contributed by atoms with Gasteiger partial charge in [-0.05, 0) is 37.3 Å². The molecule has 1 aliphatic carbocycles. The molecule has 0 atom stereocenters. The first-order chi connectivity index (χ1) is 9.07. The minimum Gasteiger partial charge on any atom is -0.212 e. The minimum absolute atomic E-state index is 0.0695. The number of nitrogens with one attached hydrogen (secondary N) is 1. The summed E-state index contributed by atoms with van der Waals surface area (Å²) in [5, 5.41) is 0.491. The molecule has 3 nitrogen and oxygen atoms in total. The molecule has 0 aromatic heterocycles. The van der Waals surface area contributed by atoms with E-state index in [-0.39, 0.29) is 5.75 Å². The van der Waals surface area contributed by atoms with E-state index in [1.54, 1.807) is 24.3 Å². The zero-order valence-corrected chi connectivity index (χ0v) is 12.3. The van der Waals surface area contributed by atoms with Gasteiger partial charge in [0.25, 0.3) is 0 Å². The summed E-state index contributed by atoms with van der Waals surface area (Å²) in [7, 11) is -3.33. The quantitative estimate of drug-likeness (QED) is 0.848. The molecule has 104 valence electrons. The van der Waals surface area contributed by atoms with Crippen LogP contribution in [0.2, 0.25) is 5.02 Å². The van der Waals surface area contributed by atoms with Crippen LogP contribution in [0, 0.1) is 0 Å². The summed E-state index contributed by atoms with van der Waals surface area (Å²) >= 11 is 5.98. The number of hydrogen-bond donors (Lipinski definition) is 1. The molecule has 1 aromatic carbocycles. The number of allylic oxidation sites excluding steroid dienone is 1. The van der Waals surface area contributed by atoms with E-state index in [9.17, 15) is 8.42 Å². The Hall–Kier alpha value is -0.840. The normalized spacial score (nSPS) is 16.2. The smallest absolute Gasteiger partial charge is 0.212 e. The largest absolute Gasteiger partial charge is 0.216 e. The summed E-state index contributed by atoms with van der Waals surface area (Å²) in [5.74, 6) is -0.0695. The number of halogens is 1. The van der Waals surface area contributed by atoms with E-state index in [2.05, 4.69) is 10.8 Å². The highest BCUT2D eigenvalue weighted by Crippen LogP contribution is 2.19. The molecule has 19 heavy (non-hydrogen) atoms. The lowest BCUT2D eigenvalue weighted by molar-refractivity contribution is 0.581. The molecule has 0 heterocycles. The molecule has 0 fully saturated rings. The maximum absolute atomic E-state index is 12.0. The Bertz CT molecular complexity index is 567. The molecule has 0 amide bonds. The van der Waals surface area contributed by atoms with E-state index in [1.165, 1.54) is 12.0 Å². The predicted octanol–water partition coefficient (Wildman–Crippen LogP) is 3.26. The molecule has 0 spiro atoms. The predicted molar refractivity (Wildman–Crippen MR) is 78.6 cm³/mol. The van der Waals surface area contributed by atoms with Gasteiger partial charge in [-0.2, -0.15) is 0 Å². The van der Waals surface area contributed by atoms with Crippen LogP contribution in [0.15, 0.2) is 35.9 Å². The van der Waals surface area contributed by atoms with Gasteiger partial charge >= 0.3 is 0 Å². The molecule has 0 saturated heterocycles. The SMILES string of the molecule is O=S(=O)(Cc1ccccc1Cl)NCC1=CCCCC1. The van der Waals surface area contributed by atoms with Gasteiger partial charge in [-0.25, -0.2) is 13.1 Å². The second-order valence-electron chi connectivity index (χ2n) is 4.78. The third kappa shape index (κ3) is 4.64. The summed E-state index contributed by atoms with van der Waals surface area (Å²) in [5.41, 5.74) is 1.82. The fourth-order valence-corrected chi connectivity index (χ4v) is 3.59. The van der Waals surface area contributed by atoms with Gasteiger partial charge in [-0.15, -0.1) is 0 Å². The van der Waals surface area contributed by atoms with Gasteiger partial charge < -0.3 is 0 Å². The summed E-state index contributed by atoms with van der Waals surface area (Å²) in [6.45, 7) is 0.423. The lowest BCUT2D eigenvalue weighted by Crippen LogP contribution is -2.27. The molecular weight excluding hydrogens is 282 g/mol. The Kier molecular flexibility index (Phi) is 5.02. The molecule has 0 bridgehead atoms. The van der Waals surface area contributed by atoms with E-state index < -0.39 is 10.0 Å². The van der Waals surface area contributed by atoms with Gasteiger partial charge in [0.05, 0.1) is 5.75 Å². The van der Waals surface area contributed by atoms with Crippen molar-refractivity contribution >= 4 is 21.6 Å². The third-order valence-electron chi connectivity index (χ3n) is 3.21. The average Bonchev–Trinajstić information content (AvgIpc) is 2.40. The first kappa shape index (κ1) is 14.6. The Morgan fingerprint density at radius 3 is 2.68 bits per heavy atom. The molecule has 1 aliphatic rings. The first-order valence-corrected chi connectivity index (χ1v) is 8.48. The Labute approximate surface area is 119 Å². The third-order valence-corrected chi connectivity index (χ3v) is 4.85. The van der Waals surface area contributed by atoms with Crippen LogP contribution in [0.4, 0.5) is 0 Å². The zero-order chi connectivity index (χ0) is 13.7. The van der Waals surface area contributed by atoms with Crippen LogP contribution in [0.3, 0.4) is 0 Å². The fourth-order valence-electron chi connectivity index (χ4n) is 2.14. The monoisotopic (exact) mass is 299 g/mol. The van der Waals surface area contributed by atoms with Crippen LogP contribution < -0.4 is 4.72 Å². The second-order valence-corrected chi connectivity index (χ2v) is 6.99. The maximum atomic E-state index is 12.0. The first-order valence-electron chi connectivity index (χ1n) is 6.45. The van der Waals surface area contributed by atoms with Crippen molar-refractivity contribution in [3.05, 3.63) is 46.5 Å². The number of benzene rings is 1. The van der Waals surface area contributed by atoms with Gasteiger partial charge in [-0.3, -0.25) is 0 Å². The maximum Gasteiger partial charge on any atom is 0.216 e. The van der Waals surface area contributed by atoms with Crippen molar-refractivity contribution in [1.29, 1.82) is 0 Å². The van der Waals surface area contributed by atoms with Crippen LogP contribution in [0.25, 0.3) is 0 Å². The standard InChI is InChI=1S/C14H18ClNO2S/c15-14-9-5-4-8-13(14)11-19(17,18)16-10-12-6-2-1-3-7-12/h4-6,8-9,16H,1-3,7,10-11H2. The van der Waals surface area contributed by atoms with Gasteiger partial charge in [-0.1, -0.05) is 41.4 Å². The molecule has 0 unspecified atom stereocenters. The second kappa shape index (κ2) is 6.55. The number of rotatable bonds is 5. The molecule has 0 radical (unpaired) electrons. The lowest BCUT2D eigenvalue weighted by Gasteiger charge is -2.14. The van der Waals surface area contributed by atoms with Crippen LogP contribution in [0.5, 0.6) is 0 Å². The fraction of sp³-hybridized carbons (Fsp3) is 0.429. The van der Waals surface area contributed by atoms with Gasteiger partial charge in [0.2, 0.25) is 10.0 Å². The van der Waals surface area contributed by atoms with Crippen LogP contribution in [-0.2, 0) is 15.8 Å². The van der Waals surface area contributed by atoms with Crippen LogP contribution in [0.1, 0.15) is 31.2 Å². The van der Waals surface area contributed by atoms with Gasteiger partial charge in [0, 0.05) is 11.6 Å². The topological polar surface area (TPSA) is 46.2 Å². The van der Waals surface area contributed by atoms with E-state index in [4.69, 9.17) is 11.6 Å². The highest BCUT2D eigenvalue weighted by Gasteiger charge is 2.14. The van der Waals surface area contributed by atoms with E-state index in [0.29, 0.717) is 17.1 Å². The van der Waals surface area contributed by atoms with Gasteiger partial charge in [0.15, 0.2) is 0 Å². The van der Waals surface area contributed by atoms with Gasteiger partial charge in [0.1, 0.15) is 0 Å². The summed E-state index contributed by atoms with van der Waals surface area (Å²) in [4.78, 5) is 0. The van der Waals surface area contributed by atoms with E-state index in [1.807, 2.05) is 0 Å². The highest BCUT2D eigenvalue weighted by molar-refractivity contribution is 7.88. The molecule has 2 rings (SSSR count). The Morgan fingerprint density at radius 1 is 1.21 bits per heavy atom. The number of sulfonamides is 1. The Morgan fingerprint density at radius 2 is 2.00 bits per heavy atom. The van der Waals surface area contributed by atoms with Crippen molar-refractivity contribution in [2.75, 3.05) is 6.54 Å². The van der Waals surface area contributed by atoms with Crippen LogP contribution in [-0.4, -0.2) is 15.0 Å². The number of hydrogen-bond acceptors (Lipinski definition) is 2. The highest BCUT2D eigenvalue weighted by atomic mass is 35.5. The van der Waals surface area contributed by atoms with Crippen molar-refractivity contribution in [2.45, 2.75) is 31.4 Å². The van der Waals surface area contributed by atoms with Crippen molar-refractivity contribution in [3.63, 3.8) is 0 Å². The van der Waals surface area contributed by atoms with Crippen molar-refractivity contribution in [1.82, 2.24) is 4.72 Å². The van der Waals surface area contributed by atoms with Crippen molar-refractivity contribution in [3.8, 4) is 0 Å². The van der Waals surface area contributed by atoms with Crippen LogP contribution >= 0.6 is 11.6 Å². The molecule has 5 heteroatoms. The Balaban J connectivity index is 1.95. The summed E-state index contributed by atoms with van der Waals surface area (Å²) < 4.78 is 26.6.